The smallest absolute Gasteiger partial charge is 0.416 e. The van der Waals surface area contributed by atoms with Crippen molar-refractivity contribution in [2.75, 3.05) is 5.32 Å². The molecule has 1 atom stereocenters. The van der Waals surface area contributed by atoms with Crippen LogP contribution in [0.2, 0.25) is 0 Å². The lowest BCUT2D eigenvalue weighted by Gasteiger charge is -2.13. The average molecular weight is 339 g/mol. The molecular formula is C15H12F3N3O3. The number of nitrogens with one attached hydrogen (secondary N) is 1. The Balaban J connectivity index is 1.95. The third-order valence-electron chi connectivity index (χ3n) is 2.91. The Morgan fingerprint density at radius 3 is 2.38 bits per heavy atom. The number of nitrogens with zero attached hydrogens (tertiary/aromatic N) is 2. The monoisotopic (exact) mass is 339 g/mol. The summed E-state index contributed by atoms with van der Waals surface area (Å²) in [6.07, 6.45) is -1.77. The van der Waals surface area contributed by atoms with Crippen LogP contribution in [0.15, 0.2) is 42.9 Å². The minimum absolute atomic E-state index is 0.0633. The van der Waals surface area contributed by atoms with Crippen molar-refractivity contribution in [1.82, 2.24) is 9.97 Å². The van der Waals surface area contributed by atoms with E-state index in [2.05, 4.69) is 15.3 Å². The molecule has 126 valence electrons. The standard InChI is InChI=1S/C15H12F3N3O3/c1-9(24-14(23)12-8-19-6-7-20-12)13(22)21-11-4-2-10(3-5-11)15(16,17)18/h2-9H,1H3,(H,21,22)/t9-/m0/s1. The van der Waals surface area contributed by atoms with E-state index in [4.69, 9.17) is 4.74 Å². The summed E-state index contributed by atoms with van der Waals surface area (Å²) in [5, 5.41) is 2.36. The molecular weight excluding hydrogens is 327 g/mol. The molecule has 0 saturated heterocycles. The number of hydrogen-bond acceptors (Lipinski definition) is 5. The van der Waals surface area contributed by atoms with Crippen LogP contribution in [0.3, 0.4) is 0 Å². The van der Waals surface area contributed by atoms with Gasteiger partial charge < -0.3 is 10.1 Å². The number of rotatable bonds is 4. The summed E-state index contributed by atoms with van der Waals surface area (Å²) in [7, 11) is 0. The zero-order valence-corrected chi connectivity index (χ0v) is 12.4. The number of ether oxygens (including phenoxy) is 1. The maximum Gasteiger partial charge on any atom is 0.416 e. The van der Waals surface area contributed by atoms with Crippen molar-refractivity contribution in [2.24, 2.45) is 0 Å². The summed E-state index contributed by atoms with van der Waals surface area (Å²) in [6, 6.07) is 3.90. The van der Waals surface area contributed by atoms with E-state index in [0.29, 0.717) is 0 Å². The maximum atomic E-state index is 12.5. The minimum atomic E-state index is -4.46. The number of esters is 1. The second-order valence-corrected chi connectivity index (χ2v) is 4.70. The third-order valence-corrected chi connectivity index (χ3v) is 2.91. The van der Waals surface area contributed by atoms with Crippen LogP contribution < -0.4 is 5.32 Å². The highest BCUT2D eigenvalue weighted by Crippen LogP contribution is 2.29. The van der Waals surface area contributed by atoms with Crippen molar-refractivity contribution < 1.29 is 27.5 Å². The lowest BCUT2D eigenvalue weighted by Crippen LogP contribution is -2.30. The molecule has 6 nitrogen and oxygen atoms in total. The molecule has 0 radical (unpaired) electrons. The fourth-order valence-electron chi connectivity index (χ4n) is 1.67. The van der Waals surface area contributed by atoms with Gasteiger partial charge in [-0.1, -0.05) is 0 Å². The first kappa shape index (κ1) is 17.4. The van der Waals surface area contributed by atoms with Crippen LogP contribution in [-0.4, -0.2) is 27.9 Å². The molecule has 24 heavy (non-hydrogen) atoms. The molecule has 1 aromatic heterocycles. The molecule has 1 aromatic carbocycles. The summed E-state index contributed by atoms with van der Waals surface area (Å²) in [6.45, 7) is 1.33. The predicted octanol–water partition coefficient (Wildman–Crippen LogP) is 2.68. The molecule has 0 unspecified atom stereocenters. The summed E-state index contributed by atoms with van der Waals surface area (Å²) in [5.74, 6) is -1.52. The second kappa shape index (κ2) is 7.07. The number of benzene rings is 1. The van der Waals surface area contributed by atoms with Gasteiger partial charge >= 0.3 is 12.1 Å². The molecule has 1 N–H and O–H groups in total. The Morgan fingerprint density at radius 2 is 1.83 bits per heavy atom. The van der Waals surface area contributed by atoms with Crippen LogP contribution in [-0.2, 0) is 15.7 Å². The number of alkyl halides is 3. The van der Waals surface area contributed by atoms with Crippen molar-refractivity contribution in [2.45, 2.75) is 19.2 Å². The Morgan fingerprint density at radius 1 is 1.17 bits per heavy atom. The van der Waals surface area contributed by atoms with Gasteiger partial charge in [0.1, 0.15) is 0 Å². The molecule has 1 heterocycles. The molecule has 0 spiro atoms. The van der Waals surface area contributed by atoms with Crippen LogP contribution in [0, 0.1) is 0 Å². The lowest BCUT2D eigenvalue weighted by molar-refractivity contribution is -0.137. The van der Waals surface area contributed by atoms with Crippen LogP contribution in [0.1, 0.15) is 23.0 Å². The highest BCUT2D eigenvalue weighted by atomic mass is 19.4. The number of anilines is 1. The zero-order chi connectivity index (χ0) is 17.7. The Kier molecular flexibility index (Phi) is 5.12. The van der Waals surface area contributed by atoms with E-state index in [1.807, 2.05) is 0 Å². The highest BCUT2D eigenvalue weighted by Gasteiger charge is 2.30. The number of amides is 1. The SMILES string of the molecule is C[C@H](OC(=O)c1cnccn1)C(=O)Nc1ccc(C(F)(F)F)cc1. The third kappa shape index (κ3) is 4.51. The van der Waals surface area contributed by atoms with Gasteiger partial charge in [-0.05, 0) is 31.2 Å². The van der Waals surface area contributed by atoms with Gasteiger partial charge in [-0.2, -0.15) is 13.2 Å². The van der Waals surface area contributed by atoms with Gasteiger partial charge in [-0.3, -0.25) is 9.78 Å². The van der Waals surface area contributed by atoms with Crippen LogP contribution >= 0.6 is 0 Å². The largest absolute Gasteiger partial charge is 0.448 e. The first-order valence-electron chi connectivity index (χ1n) is 6.72. The van der Waals surface area contributed by atoms with Crippen molar-refractivity contribution in [3.05, 3.63) is 54.1 Å². The number of hydrogen-bond donors (Lipinski definition) is 1. The van der Waals surface area contributed by atoms with Crippen LogP contribution in [0.4, 0.5) is 18.9 Å². The van der Waals surface area contributed by atoms with Gasteiger partial charge in [0.15, 0.2) is 11.8 Å². The first-order valence-corrected chi connectivity index (χ1v) is 6.72. The molecule has 1 amide bonds. The number of aromatic nitrogens is 2. The summed E-state index contributed by atoms with van der Waals surface area (Å²) in [4.78, 5) is 31.1. The van der Waals surface area contributed by atoms with Gasteiger partial charge in [0, 0.05) is 18.1 Å². The van der Waals surface area contributed by atoms with E-state index in [1.165, 1.54) is 25.5 Å². The van der Waals surface area contributed by atoms with E-state index in [1.54, 1.807) is 0 Å². The molecule has 9 heteroatoms. The topological polar surface area (TPSA) is 81.2 Å². The van der Waals surface area contributed by atoms with Gasteiger partial charge in [0.2, 0.25) is 0 Å². The summed E-state index contributed by atoms with van der Waals surface area (Å²) < 4.78 is 42.3. The van der Waals surface area contributed by atoms with Gasteiger partial charge in [-0.25, -0.2) is 9.78 Å². The molecule has 0 fully saturated rings. The minimum Gasteiger partial charge on any atom is -0.448 e. The normalized spacial score (nSPS) is 12.3. The van der Waals surface area contributed by atoms with E-state index >= 15 is 0 Å². The van der Waals surface area contributed by atoms with E-state index < -0.39 is 29.7 Å². The zero-order valence-electron chi connectivity index (χ0n) is 12.4. The molecule has 0 bridgehead atoms. The van der Waals surface area contributed by atoms with Crippen molar-refractivity contribution in [3.8, 4) is 0 Å². The Labute approximate surface area is 134 Å². The molecule has 0 aliphatic rings. The van der Waals surface area contributed by atoms with Gasteiger partial charge in [0.05, 0.1) is 11.8 Å². The molecule has 2 aromatic rings. The van der Waals surface area contributed by atoms with Crippen molar-refractivity contribution in [3.63, 3.8) is 0 Å². The number of halogens is 3. The highest BCUT2D eigenvalue weighted by molar-refractivity contribution is 5.96. The number of carbonyl (C=O) groups excluding carboxylic acids is 2. The molecule has 2 rings (SSSR count). The lowest BCUT2D eigenvalue weighted by atomic mass is 10.2. The average Bonchev–Trinajstić information content (AvgIpc) is 2.55. The van der Waals surface area contributed by atoms with E-state index in [-0.39, 0.29) is 11.4 Å². The Hall–Kier alpha value is -2.97. The fraction of sp³-hybridized carbons (Fsp3) is 0.200. The van der Waals surface area contributed by atoms with E-state index in [9.17, 15) is 22.8 Å². The van der Waals surface area contributed by atoms with Crippen molar-refractivity contribution in [1.29, 1.82) is 0 Å². The summed E-state index contributed by atoms with van der Waals surface area (Å²) in [5.41, 5.74) is -0.746. The van der Waals surface area contributed by atoms with Crippen molar-refractivity contribution >= 4 is 17.6 Å². The molecule has 0 aliphatic carbocycles. The predicted molar refractivity (Wildman–Crippen MR) is 77.0 cm³/mol. The molecule has 0 aliphatic heterocycles. The van der Waals surface area contributed by atoms with E-state index in [0.717, 1.165) is 24.3 Å². The maximum absolute atomic E-state index is 12.5. The Bertz CT molecular complexity index is 718. The first-order chi connectivity index (χ1) is 11.3. The van der Waals surface area contributed by atoms with Crippen LogP contribution in [0.5, 0.6) is 0 Å². The summed E-state index contributed by atoms with van der Waals surface area (Å²) >= 11 is 0. The second-order valence-electron chi connectivity index (χ2n) is 4.70. The number of carbonyl (C=O) groups is 2. The fourth-order valence-corrected chi connectivity index (χ4v) is 1.67. The van der Waals surface area contributed by atoms with Crippen LogP contribution in [0.25, 0.3) is 0 Å². The van der Waals surface area contributed by atoms with Gasteiger partial charge in [-0.15, -0.1) is 0 Å². The quantitative estimate of drug-likeness (QED) is 0.866. The molecule has 0 saturated carbocycles. The van der Waals surface area contributed by atoms with Gasteiger partial charge in [0.25, 0.3) is 5.91 Å².